The fraction of sp³-hybridized carbons (Fsp3) is 0.467. The van der Waals surface area contributed by atoms with E-state index in [9.17, 15) is 9.59 Å². The molecule has 2 aliphatic rings. The van der Waals surface area contributed by atoms with Crippen LogP contribution < -0.4 is 10.6 Å². The molecular weight excluding hydrogens is 490 g/mol. The highest BCUT2D eigenvalue weighted by atomic mass is 16.2. The Hall–Kier alpha value is -3.72. The molecule has 9 heteroatoms. The van der Waals surface area contributed by atoms with E-state index in [1.165, 1.54) is 5.69 Å². The predicted molar refractivity (Wildman–Crippen MR) is 152 cm³/mol. The Labute approximate surface area is 230 Å². The number of carbonyl (C=O) groups excluding carboxylic acids is 2. The van der Waals surface area contributed by atoms with Crippen molar-refractivity contribution in [1.82, 2.24) is 24.8 Å². The largest absolute Gasteiger partial charge is 0.399 e. The second-order valence-corrected chi connectivity index (χ2v) is 10.7. The van der Waals surface area contributed by atoms with Crippen molar-refractivity contribution in [1.29, 1.82) is 0 Å². The number of piperazine rings is 1. The van der Waals surface area contributed by atoms with Gasteiger partial charge in [-0.15, -0.1) is 5.10 Å². The third kappa shape index (κ3) is 7.44. The lowest BCUT2D eigenvalue weighted by Crippen LogP contribution is -2.46. The molecule has 0 radical (unpaired) electrons. The number of nitrogens with zero attached hydrogens (tertiary/aromatic N) is 6. The highest BCUT2D eigenvalue weighted by Gasteiger charge is 2.29. The first-order chi connectivity index (χ1) is 19.0. The lowest BCUT2D eigenvalue weighted by molar-refractivity contribution is -0.134. The van der Waals surface area contributed by atoms with Crippen LogP contribution in [0.25, 0.3) is 0 Å². The van der Waals surface area contributed by atoms with Crippen LogP contribution in [0.1, 0.15) is 43.4 Å². The number of rotatable bonds is 11. The van der Waals surface area contributed by atoms with Crippen molar-refractivity contribution in [2.24, 2.45) is 0 Å². The Balaban J connectivity index is 1.04. The monoisotopic (exact) mass is 529 g/mol. The lowest BCUT2D eigenvalue weighted by Gasteiger charge is -2.35. The topological polar surface area (TPSA) is 101 Å². The SMILES string of the molecule is Nc1ccc(CCC(=O)CCC(=O)N2CCCC2Cn2cc(CN3CCN(c4ccccc4)CC3)nn2)cc1. The van der Waals surface area contributed by atoms with Crippen molar-refractivity contribution < 1.29 is 9.59 Å². The molecular formula is C30H39N7O2. The zero-order valence-electron chi connectivity index (χ0n) is 22.6. The first-order valence-electron chi connectivity index (χ1n) is 14.1. The summed E-state index contributed by atoms with van der Waals surface area (Å²) in [5.41, 5.74) is 9.77. The first-order valence-corrected chi connectivity index (χ1v) is 14.1. The average Bonchev–Trinajstić information content (AvgIpc) is 3.62. The van der Waals surface area contributed by atoms with Crippen LogP contribution in [0.5, 0.6) is 0 Å². The van der Waals surface area contributed by atoms with Crippen molar-refractivity contribution in [3.63, 3.8) is 0 Å². The van der Waals surface area contributed by atoms with E-state index >= 15 is 0 Å². The van der Waals surface area contributed by atoms with Gasteiger partial charge in [0.2, 0.25) is 5.91 Å². The molecule has 2 fully saturated rings. The van der Waals surface area contributed by atoms with E-state index < -0.39 is 0 Å². The normalized spacial score (nSPS) is 18.0. The van der Waals surface area contributed by atoms with Gasteiger partial charge in [-0.3, -0.25) is 19.2 Å². The van der Waals surface area contributed by atoms with E-state index in [-0.39, 0.29) is 24.2 Å². The molecule has 206 valence electrons. The van der Waals surface area contributed by atoms with Crippen LogP contribution in [-0.4, -0.2) is 75.2 Å². The van der Waals surface area contributed by atoms with Crippen molar-refractivity contribution in [2.45, 2.75) is 57.7 Å². The highest BCUT2D eigenvalue weighted by molar-refractivity contribution is 5.85. The third-order valence-corrected chi connectivity index (χ3v) is 7.85. The number of anilines is 2. The molecule has 3 aromatic rings. The summed E-state index contributed by atoms with van der Waals surface area (Å²) in [6.07, 6.45) is 5.64. The number of carbonyl (C=O) groups is 2. The number of likely N-dealkylation sites (tertiary alicyclic amines) is 1. The molecule has 2 saturated heterocycles. The van der Waals surface area contributed by atoms with Crippen LogP contribution in [0, 0.1) is 0 Å². The molecule has 1 atom stereocenters. The molecule has 3 heterocycles. The summed E-state index contributed by atoms with van der Waals surface area (Å²) in [7, 11) is 0. The molecule has 2 aliphatic heterocycles. The standard InChI is InChI=1S/C30H39N7O2/c31-25-11-8-24(9-12-25)10-13-29(38)14-15-30(39)37-16-4-7-28(37)23-36-22-26(32-33-36)21-34-17-19-35(20-18-34)27-5-2-1-3-6-27/h1-3,5-6,8-9,11-12,22,28H,4,7,10,13-21,23,31H2. The molecule has 5 rings (SSSR count). The number of nitrogen functional groups attached to an aromatic ring is 1. The van der Waals surface area contributed by atoms with Gasteiger partial charge < -0.3 is 15.5 Å². The number of ketones is 1. The Morgan fingerprint density at radius 3 is 2.44 bits per heavy atom. The van der Waals surface area contributed by atoms with Gasteiger partial charge in [-0.25, -0.2) is 0 Å². The number of amides is 1. The Morgan fingerprint density at radius 1 is 0.897 bits per heavy atom. The molecule has 1 amide bonds. The summed E-state index contributed by atoms with van der Waals surface area (Å²) in [4.78, 5) is 32.2. The molecule has 1 unspecified atom stereocenters. The third-order valence-electron chi connectivity index (χ3n) is 7.85. The summed E-state index contributed by atoms with van der Waals surface area (Å²) in [6, 6.07) is 18.3. The van der Waals surface area contributed by atoms with Crippen molar-refractivity contribution >= 4 is 23.1 Å². The number of nitrogens with two attached hydrogens (primary N) is 1. The van der Waals surface area contributed by atoms with E-state index in [2.05, 4.69) is 50.4 Å². The van der Waals surface area contributed by atoms with Gasteiger partial charge in [0.1, 0.15) is 5.78 Å². The Bertz CT molecular complexity index is 1220. The maximum atomic E-state index is 13.0. The summed E-state index contributed by atoms with van der Waals surface area (Å²) in [5.74, 6) is 0.191. The molecule has 0 spiro atoms. The van der Waals surface area contributed by atoms with Crippen molar-refractivity contribution in [3.05, 3.63) is 72.1 Å². The van der Waals surface area contributed by atoms with Gasteiger partial charge in [-0.05, 0) is 49.1 Å². The maximum absolute atomic E-state index is 13.0. The number of para-hydroxylation sites is 1. The number of aryl methyl sites for hydroxylation is 1. The van der Waals surface area contributed by atoms with E-state index in [4.69, 9.17) is 5.73 Å². The molecule has 0 aliphatic carbocycles. The number of Topliss-reactive ketones (excluding diaryl/α,β-unsaturated/α-hetero) is 1. The molecule has 2 N–H and O–H groups in total. The molecule has 0 bridgehead atoms. The number of hydrogen-bond donors (Lipinski definition) is 1. The van der Waals surface area contributed by atoms with E-state index in [0.29, 0.717) is 25.8 Å². The quantitative estimate of drug-likeness (QED) is 0.381. The van der Waals surface area contributed by atoms with Crippen LogP contribution in [0.4, 0.5) is 11.4 Å². The van der Waals surface area contributed by atoms with Gasteiger partial charge in [-0.1, -0.05) is 35.5 Å². The van der Waals surface area contributed by atoms with Crippen LogP contribution >= 0.6 is 0 Å². The summed E-state index contributed by atoms with van der Waals surface area (Å²) < 4.78 is 1.88. The van der Waals surface area contributed by atoms with Gasteiger partial charge in [0.15, 0.2) is 0 Å². The van der Waals surface area contributed by atoms with Crippen molar-refractivity contribution in [2.75, 3.05) is 43.4 Å². The minimum absolute atomic E-state index is 0.0648. The molecule has 39 heavy (non-hydrogen) atoms. The summed E-state index contributed by atoms with van der Waals surface area (Å²) >= 11 is 0. The molecule has 2 aromatic carbocycles. The van der Waals surface area contributed by atoms with Crippen LogP contribution in [0.2, 0.25) is 0 Å². The minimum Gasteiger partial charge on any atom is -0.399 e. The van der Waals surface area contributed by atoms with E-state index in [1.54, 1.807) is 0 Å². The zero-order chi connectivity index (χ0) is 27.0. The highest BCUT2D eigenvalue weighted by Crippen LogP contribution is 2.21. The van der Waals surface area contributed by atoms with Crippen LogP contribution in [-0.2, 0) is 29.1 Å². The van der Waals surface area contributed by atoms with Crippen LogP contribution in [0.15, 0.2) is 60.8 Å². The van der Waals surface area contributed by atoms with Gasteiger partial charge in [0.05, 0.1) is 18.3 Å². The van der Waals surface area contributed by atoms with E-state index in [0.717, 1.165) is 69.1 Å². The Kier molecular flexibility index (Phi) is 8.88. The van der Waals surface area contributed by atoms with E-state index in [1.807, 2.05) is 40.0 Å². The number of aromatic nitrogens is 3. The van der Waals surface area contributed by atoms with Crippen LogP contribution in [0.3, 0.4) is 0 Å². The number of benzene rings is 2. The average molecular weight is 530 g/mol. The zero-order valence-corrected chi connectivity index (χ0v) is 22.6. The predicted octanol–water partition coefficient (Wildman–Crippen LogP) is 3.16. The van der Waals surface area contributed by atoms with Crippen molar-refractivity contribution in [3.8, 4) is 0 Å². The second-order valence-electron chi connectivity index (χ2n) is 10.7. The first kappa shape index (κ1) is 26.9. The summed E-state index contributed by atoms with van der Waals surface area (Å²) in [6.45, 7) is 6.16. The van der Waals surface area contributed by atoms with Gasteiger partial charge in [0.25, 0.3) is 0 Å². The second kappa shape index (κ2) is 12.9. The lowest BCUT2D eigenvalue weighted by atomic mass is 10.0. The maximum Gasteiger partial charge on any atom is 0.223 e. The fourth-order valence-electron chi connectivity index (χ4n) is 5.59. The fourth-order valence-corrected chi connectivity index (χ4v) is 5.59. The molecule has 1 aromatic heterocycles. The smallest absolute Gasteiger partial charge is 0.223 e. The minimum atomic E-state index is 0.0648. The van der Waals surface area contributed by atoms with Gasteiger partial charge >= 0.3 is 0 Å². The molecule has 0 saturated carbocycles. The number of hydrogen-bond acceptors (Lipinski definition) is 7. The molecule has 9 nitrogen and oxygen atoms in total. The van der Waals surface area contributed by atoms with Gasteiger partial charge in [0, 0.05) is 76.1 Å². The van der Waals surface area contributed by atoms with Gasteiger partial charge in [-0.2, -0.15) is 0 Å². The Morgan fingerprint density at radius 2 is 1.67 bits per heavy atom. The summed E-state index contributed by atoms with van der Waals surface area (Å²) in [5, 5.41) is 8.78.